The van der Waals surface area contributed by atoms with Gasteiger partial charge in [-0.3, -0.25) is 10.1 Å². The number of oxazole rings is 1. The van der Waals surface area contributed by atoms with Crippen LogP contribution in [0, 0.1) is 10.1 Å². The van der Waals surface area contributed by atoms with Crippen molar-refractivity contribution in [3.05, 3.63) is 58.1 Å². The Morgan fingerprint density at radius 2 is 2.05 bits per heavy atom. The van der Waals surface area contributed by atoms with Gasteiger partial charge in [0.2, 0.25) is 5.89 Å². The lowest BCUT2D eigenvalue weighted by atomic mass is 10.2. The Morgan fingerprint density at radius 3 is 2.77 bits per heavy atom. The third kappa shape index (κ3) is 2.28. The Bertz CT molecular complexity index is 885. The molecule has 3 rings (SSSR count). The minimum Gasteiger partial charge on any atom is -0.465 e. The van der Waals surface area contributed by atoms with Crippen molar-refractivity contribution >= 4 is 22.8 Å². The molecule has 7 heteroatoms. The SMILES string of the molecule is COC(=O)c1cccc2nc(-c3cccc([N+](=O)[O-])c3)oc12. The Kier molecular flexibility index (Phi) is 3.30. The molecule has 0 unspecified atom stereocenters. The molecular formula is C15H10N2O5. The van der Waals surface area contributed by atoms with Gasteiger partial charge >= 0.3 is 5.97 Å². The zero-order valence-corrected chi connectivity index (χ0v) is 11.5. The summed E-state index contributed by atoms with van der Waals surface area (Å²) in [7, 11) is 1.28. The van der Waals surface area contributed by atoms with Gasteiger partial charge in [-0.05, 0) is 18.2 Å². The van der Waals surface area contributed by atoms with Crippen molar-refractivity contribution in [3.63, 3.8) is 0 Å². The number of carbonyl (C=O) groups is 1. The molecule has 7 nitrogen and oxygen atoms in total. The molecule has 0 saturated heterocycles. The standard InChI is InChI=1S/C15H10N2O5/c1-21-15(18)11-6-3-7-12-13(11)22-14(16-12)9-4-2-5-10(8-9)17(19)20/h2-8H,1H3. The van der Waals surface area contributed by atoms with Crippen LogP contribution in [0.15, 0.2) is 46.9 Å². The van der Waals surface area contributed by atoms with Crippen LogP contribution in [0.1, 0.15) is 10.4 Å². The first-order valence-electron chi connectivity index (χ1n) is 6.33. The van der Waals surface area contributed by atoms with Crippen molar-refractivity contribution in [2.24, 2.45) is 0 Å². The molecule has 1 heterocycles. The topological polar surface area (TPSA) is 95.5 Å². The highest BCUT2D eigenvalue weighted by Crippen LogP contribution is 2.28. The summed E-state index contributed by atoms with van der Waals surface area (Å²) in [5.41, 5.74) is 1.42. The number of esters is 1. The van der Waals surface area contributed by atoms with Crippen molar-refractivity contribution < 1.29 is 18.9 Å². The van der Waals surface area contributed by atoms with Crippen LogP contribution in [-0.4, -0.2) is 23.0 Å². The average molecular weight is 298 g/mol. The highest BCUT2D eigenvalue weighted by Gasteiger charge is 2.17. The maximum atomic E-state index is 11.7. The molecule has 0 N–H and O–H groups in total. The van der Waals surface area contributed by atoms with Crippen LogP contribution >= 0.6 is 0 Å². The van der Waals surface area contributed by atoms with E-state index in [0.29, 0.717) is 11.1 Å². The monoisotopic (exact) mass is 298 g/mol. The first-order chi connectivity index (χ1) is 10.6. The van der Waals surface area contributed by atoms with E-state index in [2.05, 4.69) is 4.98 Å². The summed E-state index contributed by atoms with van der Waals surface area (Å²) in [4.78, 5) is 26.3. The van der Waals surface area contributed by atoms with Crippen molar-refractivity contribution in [1.29, 1.82) is 0 Å². The van der Waals surface area contributed by atoms with Crippen LogP contribution < -0.4 is 0 Å². The zero-order valence-electron chi connectivity index (χ0n) is 11.5. The quantitative estimate of drug-likeness (QED) is 0.418. The number of carbonyl (C=O) groups excluding carboxylic acids is 1. The minimum absolute atomic E-state index is 0.0621. The van der Waals surface area contributed by atoms with E-state index < -0.39 is 10.9 Å². The smallest absolute Gasteiger partial charge is 0.341 e. The average Bonchev–Trinajstić information content (AvgIpc) is 2.98. The Balaban J connectivity index is 2.15. The lowest BCUT2D eigenvalue weighted by Crippen LogP contribution is -2.00. The molecule has 0 aliphatic carbocycles. The highest BCUT2D eigenvalue weighted by molar-refractivity contribution is 6.01. The first-order valence-corrected chi connectivity index (χ1v) is 6.33. The summed E-state index contributed by atoms with van der Waals surface area (Å²) in [5.74, 6) is -0.331. The molecule has 0 amide bonds. The number of nitro benzene ring substituents is 1. The normalized spacial score (nSPS) is 10.6. The molecule has 0 spiro atoms. The van der Waals surface area contributed by atoms with E-state index in [9.17, 15) is 14.9 Å². The van der Waals surface area contributed by atoms with E-state index in [-0.39, 0.29) is 22.7 Å². The van der Waals surface area contributed by atoms with E-state index in [1.807, 2.05) is 0 Å². The van der Waals surface area contributed by atoms with Gasteiger partial charge in [0.05, 0.1) is 12.0 Å². The molecule has 0 radical (unpaired) electrons. The molecular weight excluding hydrogens is 288 g/mol. The van der Waals surface area contributed by atoms with E-state index in [4.69, 9.17) is 9.15 Å². The third-order valence-electron chi connectivity index (χ3n) is 3.12. The summed E-state index contributed by atoms with van der Waals surface area (Å²) < 4.78 is 10.3. The van der Waals surface area contributed by atoms with Crippen LogP contribution in [-0.2, 0) is 4.74 Å². The van der Waals surface area contributed by atoms with E-state index in [0.717, 1.165) is 0 Å². The number of rotatable bonds is 3. The van der Waals surface area contributed by atoms with Gasteiger partial charge < -0.3 is 9.15 Å². The molecule has 0 atom stereocenters. The predicted molar refractivity (Wildman–Crippen MR) is 77.4 cm³/mol. The lowest BCUT2D eigenvalue weighted by Gasteiger charge is -1.98. The molecule has 0 bridgehead atoms. The van der Waals surface area contributed by atoms with Crippen molar-refractivity contribution in [1.82, 2.24) is 4.98 Å². The van der Waals surface area contributed by atoms with Crippen LogP contribution in [0.25, 0.3) is 22.6 Å². The summed E-state index contributed by atoms with van der Waals surface area (Å²) >= 11 is 0. The predicted octanol–water partition coefficient (Wildman–Crippen LogP) is 3.19. The summed E-state index contributed by atoms with van der Waals surface area (Å²) in [6.07, 6.45) is 0. The van der Waals surface area contributed by atoms with Crippen LogP contribution in [0.4, 0.5) is 5.69 Å². The van der Waals surface area contributed by atoms with Gasteiger partial charge in [0, 0.05) is 17.7 Å². The molecule has 0 aliphatic heterocycles. The van der Waals surface area contributed by atoms with E-state index in [1.165, 1.54) is 19.2 Å². The molecule has 1 aromatic heterocycles. The number of benzene rings is 2. The van der Waals surface area contributed by atoms with Crippen LogP contribution in [0.2, 0.25) is 0 Å². The summed E-state index contributed by atoms with van der Waals surface area (Å²) in [6, 6.07) is 10.9. The van der Waals surface area contributed by atoms with E-state index in [1.54, 1.807) is 30.3 Å². The van der Waals surface area contributed by atoms with Crippen molar-refractivity contribution in [2.45, 2.75) is 0 Å². The largest absolute Gasteiger partial charge is 0.465 e. The van der Waals surface area contributed by atoms with Gasteiger partial charge in [0.1, 0.15) is 11.1 Å². The lowest BCUT2D eigenvalue weighted by molar-refractivity contribution is -0.384. The maximum Gasteiger partial charge on any atom is 0.341 e. The molecule has 0 fully saturated rings. The number of ether oxygens (including phenoxy) is 1. The van der Waals surface area contributed by atoms with E-state index >= 15 is 0 Å². The number of hydrogen-bond acceptors (Lipinski definition) is 6. The molecule has 2 aromatic carbocycles. The van der Waals surface area contributed by atoms with Gasteiger partial charge in [-0.1, -0.05) is 12.1 Å². The number of methoxy groups -OCH3 is 1. The van der Waals surface area contributed by atoms with Gasteiger partial charge in [-0.15, -0.1) is 0 Å². The van der Waals surface area contributed by atoms with Gasteiger partial charge in [-0.25, -0.2) is 9.78 Å². The summed E-state index contributed by atoms with van der Waals surface area (Å²) in [6.45, 7) is 0. The Labute approximate surface area is 124 Å². The second kappa shape index (κ2) is 5.28. The number of para-hydroxylation sites is 1. The molecule has 0 aliphatic rings. The van der Waals surface area contributed by atoms with Gasteiger partial charge in [-0.2, -0.15) is 0 Å². The van der Waals surface area contributed by atoms with Crippen LogP contribution in [0.3, 0.4) is 0 Å². The van der Waals surface area contributed by atoms with Crippen molar-refractivity contribution in [3.8, 4) is 11.5 Å². The first kappa shape index (κ1) is 13.7. The number of nitro groups is 1. The minimum atomic E-state index is -0.535. The zero-order chi connectivity index (χ0) is 15.7. The number of fused-ring (bicyclic) bond motifs is 1. The third-order valence-corrected chi connectivity index (χ3v) is 3.12. The fourth-order valence-corrected chi connectivity index (χ4v) is 2.10. The second-order valence-corrected chi connectivity index (χ2v) is 4.47. The van der Waals surface area contributed by atoms with Crippen molar-refractivity contribution in [2.75, 3.05) is 7.11 Å². The number of nitrogens with zero attached hydrogens (tertiary/aromatic N) is 2. The molecule has 0 saturated carbocycles. The molecule has 110 valence electrons. The Hall–Kier alpha value is -3.22. The maximum absolute atomic E-state index is 11.7. The van der Waals surface area contributed by atoms with Crippen LogP contribution in [0.5, 0.6) is 0 Å². The number of non-ortho nitro benzene ring substituents is 1. The molecule has 22 heavy (non-hydrogen) atoms. The highest BCUT2D eigenvalue weighted by atomic mass is 16.6. The fraction of sp³-hybridized carbons (Fsp3) is 0.0667. The number of aromatic nitrogens is 1. The Morgan fingerprint density at radius 1 is 1.27 bits per heavy atom. The van der Waals surface area contributed by atoms with Gasteiger partial charge in [0.25, 0.3) is 5.69 Å². The van der Waals surface area contributed by atoms with Gasteiger partial charge in [0.15, 0.2) is 5.58 Å². The number of hydrogen-bond donors (Lipinski definition) is 0. The molecule has 3 aromatic rings. The second-order valence-electron chi connectivity index (χ2n) is 4.47. The summed E-state index contributed by atoms with van der Waals surface area (Å²) in [5, 5.41) is 10.8. The fourth-order valence-electron chi connectivity index (χ4n) is 2.10.